The molecule has 122 valence electrons. The van der Waals surface area contributed by atoms with Crippen molar-refractivity contribution in [2.24, 2.45) is 0 Å². The molecule has 3 rings (SSSR count). The molecule has 0 spiro atoms. The Hall–Kier alpha value is -2.67. The van der Waals surface area contributed by atoms with Gasteiger partial charge in [0.15, 0.2) is 5.82 Å². The minimum Gasteiger partial charge on any atom is -0.496 e. The third kappa shape index (κ3) is 3.30. The number of halogens is 1. The van der Waals surface area contributed by atoms with Crippen molar-refractivity contribution in [3.8, 4) is 17.2 Å². The summed E-state index contributed by atoms with van der Waals surface area (Å²) in [4.78, 5) is 16.7. The number of hydrogen-bond acceptors (Lipinski definition) is 5. The number of nitrogens with one attached hydrogen (secondary N) is 1. The first-order chi connectivity index (χ1) is 11.6. The fraction of sp³-hybridized carbons (Fsp3) is 0.118. The monoisotopic (exact) mass is 387 g/mol. The molecule has 0 radical (unpaired) electrons. The Morgan fingerprint density at radius 3 is 2.71 bits per heavy atom. The molecular weight excluding hydrogens is 374 g/mol. The van der Waals surface area contributed by atoms with Gasteiger partial charge in [0, 0.05) is 5.56 Å². The van der Waals surface area contributed by atoms with Crippen molar-refractivity contribution in [2.75, 3.05) is 12.4 Å². The highest BCUT2D eigenvalue weighted by Gasteiger charge is 2.15. The van der Waals surface area contributed by atoms with Gasteiger partial charge in [-0.3, -0.25) is 4.79 Å². The molecular formula is C17H14BrN3O3. The van der Waals surface area contributed by atoms with Crippen molar-refractivity contribution in [2.45, 2.75) is 6.92 Å². The average Bonchev–Trinajstić information content (AvgIpc) is 3.01. The fourth-order valence-corrected chi connectivity index (χ4v) is 2.73. The van der Waals surface area contributed by atoms with E-state index < -0.39 is 0 Å². The normalized spacial score (nSPS) is 10.5. The number of aryl methyl sites for hydroxylation is 1. The standard InChI is InChI=1S/C17H14BrN3O3/c1-10-19-17(24-21-10)12-5-3-4-6-14(12)20-16(22)11-7-8-15(23-2)13(18)9-11/h3-9H,1-2H3,(H,20,22). The number of hydrogen-bond donors (Lipinski definition) is 1. The van der Waals surface area contributed by atoms with Gasteiger partial charge in [0.05, 0.1) is 22.8 Å². The predicted molar refractivity (Wildman–Crippen MR) is 93.1 cm³/mol. The number of para-hydroxylation sites is 1. The Morgan fingerprint density at radius 1 is 1.25 bits per heavy atom. The van der Waals surface area contributed by atoms with E-state index in [1.54, 1.807) is 38.3 Å². The molecule has 0 atom stereocenters. The van der Waals surface area contributed by atoms with Crippen LogP contribution in [-0.4, -0.2) is 23.2 Å². The summed E-state index contributed by atoms with van der Waals surface area (Å²) < 4.78 is 11.1. The molecule has 0 fully saturated rings. The summed E-state index contributed by atoms with van der Waals surface area (Å²) in [5, 5.41) is 6.65. The summed E-state index contributed by atoms with van der Waals surface area (Å²) in [5.74, 6) is 1.31. The van der Waals surface area contributed by atoms with Crippen LogP contribution in [0.15, 0.2) is 51.5 Å². The number of ether oxygens (including phenoxy) is 1. The van der Waals surface area contributed by atoms with E-state index in [2.05, 4.69) is 31.4 Å². The minimum atomic E-state index is -0.248. The van der Waals surface area contributed by atoms with Gasteiger partial charge in [-0.2, -0.15) is 4.98 Å². The van der Waals surface area contributed by atoms with E-state index >= 15 is 0 Å². The molecule has 1 heterocycles. The van der Waals surface area contributed by atoms with E-state index in [1.165, 1.54) is 0 Å². The zero-order valence-corrected chi connectivity index (χ0v) is 14.6. The van der Waals surface area contributed by atoms with Crippen LogP contribution >= 0.6 is 15.9 Å². The summed E-state index contributed by atoms with van der Waals surface area (Å²) in [6, 6.07) is 12.4. The van der Waals surface area contributed by atoms with Gasteiger partial charge in [0.25, 0.3) is 11.8 Å². The molecule has 7 heteroatoms. The number of benzene rings is 2. The summed E-state index contributed by atoms with van der Waals surface area (Å²) in [6.07, 6.45) is 0. The van der Waals surface area contributed by atoms with E-state index in [-0.39, 0.29) is 5.91 Å². The van der Waals surface area contributed by atoms with Crippen LogP contribution in [0.2, 0.25) is 0 Å². The highest BCUT2D eigenvalue weighted by Crippen LogP contribution is 2.28. The predicted octanol–water partition coefficient (Wildman–Crippen LogP) is 4.07. The first-order valence-electron chi connectivity index (χ1n) is 7.13. The van der Waals surface area contributed by atoms with Crippen LogP contribution < -0.4 is 10.1 Å². The van der Waals surface area contributed by atoms with Crippen LogP contribution in [0.4, 0.5) is 5.69 Å². The van der Waals surface area contributed by atoms with Crippen LogP contribution in [0.3, 0.4) is 0 Å². The molecule has 1 N–H and O–H groups in total. The van der Waals surface area contributed by atoms with E-state index in [9.17, 15) is 4.79 Å². The fourth-order valence-electron chi connectivity index (χ4n) is 2.19. The van der Waals surface area contributed by atoms with Crippen LogP contribution in [0, 0.1) is 6.92 Å². The van der Waals surface area contributed by atoms with Gasteiger partial charge >= 0.3 is 0 Å². The number of carbonyl (C=O) groups is 1. The van der Waals surface area contributed by atoms with Crippen molar-refractivity contribution in [1.82, 2.24) is 10.1 Å². The highest BCUT2D eigenvalue weighted by molar-refractivity contribution is 9.10. The lowest BCUT2D eigenvalue weighted by Crippen LogP contribution is -2.12. The van der Waals surface area contributed by atoms with Crippen LogP contribution in [0.25, 0.3) is 11.5 Å². The minimum absolute atomic E-state index is 0.248. The maximum atomic E-state index is 12.5. The summed E-state index contributed by atoms with van der Waals surface area (Å²) >= 11 is 3.38. The molecule has 0 bridgehead atoms. The third-order valence-corrected chi connectivity index (χ3v) is 3.97. The zero-order chi connectivity index (χ0) is 17.1. The Labute approximate surface area is 147 Å². The van der Waals surface area contributed by atoms with Crippen molar-refractivity contribution in [1.29, 1.82) is 0 Å². The molecule has 1 aromatic heterocycles. The van der Waals surface area contributed by atoms with Gasteiger partial charge in [-0.1, -0.05) is 17.3 Å². The Kier molecular flexibility index (Phi) is 4.61. The molecule has 0 aliphatic rings. The van der Waals surface area contributed by atoms with Crippen LogP contribution in [0.5, 0.6) is 5.75 Å². The highest BCUT2D eigenvalue weighted by atomic mass is 79.9. The Balaban J connectivity index is 1.89. The van der Waals surface area contributed by atoms with Gasteiger partial charge in [-0.25, -0.2) is 0 Å². The van der Waals surface area contributed by atoms with Crippen molar-refractivity contribution in [3.05, 3.63) is 58.3 Å². The lowest BCUT2D eigenvalue weighted by molar-refractivity contribution is 0.102. The van der Waals surface area contributed by atoms with E-state index in [0.717, 1.165) is 0 Å². The van der Waals surface area contributed by atoms with Gasteiger partial charge in [-0.15, -0.1) is 0 Å². The topological polar surface area (TPSA) is 77.2 Å². The number of methoxy groups -OCH3 is 1. The first-order valence-corrected chi connectivity index (χ1v) is 7.92. The summed E-state index contributed by atoms with van der Waals surface area (Å²) in [6.45, 7) is 1.74. The second-order valence-corrected chi connectivity index (χ2v) is 5.85. The number of nitrogens with zero attached hydrogens (tertiary/aromatic N) is 2. The average molecular weight is 388 g/mol. The summed E-state index contributed by atoms with van der Waals surface area (Å²) in [7, 11) is 1.57. The molecule has 0 unspecified atom stereocenters. The number of rotatable bonds is 4. The van der Waals surface area contributed by atoms with Crippen LogP contribution in [-0.2, 0) is 0 Å². The maximum absolute atomic E-state index is 12.5. The molecule has 0 aliphatic carbocycles. The molecule has 24 heavy (non-hydrogen) atoms. The molecule has 3 aromatic rings. The second kappa shape index (κ2) is 6.84. The quantitative estimate of drug-likeness (QED) is 0.729. The second-order valence-electron chi connectivity index (χ2n) is 5.00. The molecule has 6 nitrogen and oxygen atoms in total. The Morgan fingerprint density at radius 2 is 2.04 bits per heavy atom. The van der Waals surface area contributed by atoms with Gasteiger partial charge in [0.2, 0.25) is 0 Å². The van der Waals surface area contributed by atoms with Gasteiger partial charge in [-0.05, 0) is 53.2 Å². The van der Waals surface area contributed by atoms with E-state index in [1.807, 2.05) is 18.2 Å². The molecule has 0 saturated heterocycles. The molecule has 1 amide bonds. The SMILES string of the molecule is COc1ccc(C(=O)Nc2ccccc2-c2nc(C)no2)cc1Br. The van der Waals surface area contributed by atoms with Gasteiger partial charge < -0.3 is 14.6 Å². The van der Waals surface area contributed by atoms with Crippen LogP contribution in [0.1, 0.15) is 16.2 Å². The number of amides is 1. The van der Waals surface area contributed by atoms with Crippen molar-refractivity contribution < 1.29 is 14.1 Å². The Bertz CT molecular complexity index is 892. The first kappa shape index (κ1) is 16.2. The van der Waals surface area contributed by atoms with E-state index in [4.69, 9.17) is 9.26 Å². The van der Waals surface area contributed by atoms with Gasteiger partial charge in [0.1, 0.15) is 5.75 Å². The number of aromatic nitrogens is 2. The lowest BCUT2D eigenvalue weighted by atomic mass is 10.1. The largest absolute Gasteiger partial charge is 0.496 e. The lowest BCUT2D eigenvalue weighted by Gasteiger charge is -2.10. The van der Waals surface area contributed by atoms with E-state index in [0.29, 0.717) is 38.8 Å². The molecule has 2 aromatic carbocycles. The molecule has 0 saturated carbocycles. The number of anilines is 1. The van der Waals surface area contributed by atoms with Crippen molar-refractivity contribution in [3.63, 3.8) is 0 Å². The number of carbonyl (C=O) groups excluding carboxylic acids is 1. The smallest absolute Gasteiger partial charge is 0.260 e. The maximum Gasteiger partial charge on any atom is 0.260 e. The summed E-state index contributed by atoms with van der Waals surface area (Å²) in [5.41, 5.74) is 1.76. The molecule has 0 aliphatic heterocycles. The van der Waals surface area contributed by atoms with Crippen molar-refractivity contribution >= 4 is 27.5 Å². The third-order valence-electron chi connectivity index (χ3n) is 3.35. The zero-order valence-electron chi connectivity index (χ0n) is 13.0.